The van der Waals surface area contributed by atoms with Gasteiger partial charge in [-0.3, -0.25) is 4.79 Å². The first-order valence-electron chi connectivity index (χ1n) is 7.03. The lowest BCUT2D eigenvalue weighted by atomic mass is 9.99. The Morgan fingerprint density at radius 2 is 2.10 bits per heavy atom. The van der Waals surface area contributed by atoms with E-state index in [0.29, 0.717) is 23.7 Å². The summed E-state index contributed by atoms with van der Waals surface area (Å²) in [6.07, 6.45) is 2.18. The first kappa shape index (κ1) is 15.3. The van der Waals surface area contributed by atoms with E-state index in [-0.39, 0.29) is 5.91 Å². The lowest BCUT2D eigenvalue weighted by molar-refractivity contribution is -0.115. The van der Waals surface area contributed by atoms with Crippen molar-refractivity contribution in [1.29, 1.82) is 0 Å². The summed E-state index contributed by atoms with van der Waals surface area (Å²) in [4.78, 5) is 14.2. The molecule has 1 heterocycles. The van der Waals surface area contributed by atoms with Gasteiger partial charge < -0.3 is 15.5 Å². The van der Waals surface area contributed by atoms with Gasteiger partial charge in [-0.15, -0.1) is 0 Å². The fourth-order valence-corrected chi connectivity index (χ4v) is 2.58. The molecular formula is C15H22ClN3O. The normalized spacial score (nSPS) is 23.6. The van der Waals surface area contributed by atoms with Crippen LogP contribution in [0.1, 0.15) is 19.8 Å². The number of halogens is 1. The molecule has 0 aromatic heterocycles. The highest BCUT2D eigenvalue weighted by Gasteiger charge is 2.22. The van der Waals surface area contributed by atoms with E-state index in [1.165, 1.54) is 0 Å². The van der Waals surface area contributed by atoms with Crippen LogP contribution in [0.4, 0.5) is 5.69 Å². The number of likely N-dealkylation sites (tertiary alicyclic amines) is 1. The Balaban J connectivity index is 1.74. The topological polar surface area (TPSA) is 44.4 Å². The molecule has 1 amide bonds. The summed E-state index contributed by atoms with van der Waals surface area (Å²) in [6, 6.07) is 8.14. The average molecular weight is 296 g/mol. The molecule has 0 radical (unpaired) electrons. The highest BCUT2D eigenvalue weighted by atomic mass is 35.5. The predicted octanol–water partition coefficient (Wildman–Crippen LogP) is 2.35. The number of nitrogens with zero attached hydrogens (tertiary/aromatic N) is 1. The van der Waals surface area contributed by atoms with Gasteiger partial charge in [0.15, 0.2) is 0 Å². The zero-order chi connectivity index (χ0) is 14.5. The smallest absolute Gasteiger partial charge is 0.238 e. The maximum atomic E-state index is 11.9. The third kappa shape index (κ3) is 4.47. The van der Waals surface area contributed by atoms with Crippen LogP contribution in [0, 0.1) is 0 Å². The molecule has 2 N–H and O–H groups in total. The fraction of sp³-hybridized carbons (Fsp3) is 0.533. The summed E-state index contributed by atoms with van der Waals surface area (Å²) in [6.45, 7) is 3.66. The molecule has 4 nitrogen and oxygen atoms in total. The van der Waals surface area contributed by atoms with Crippen LogP contribution in [0.3, 0.4) is 0 Å². The molecule has 2 rings (SSSR count). The van der Waals surface area contributed by atoms with E-state index in [4.69, 9.17) is 11.6 Å². The Labute approximate surface area is 125 Å². The molecule has 1 aromatic rings. The standard InChI is InChI=1S/C15H22ClN3O/c1-11-9-14(7-8-19(11)2)17-10-15(20)18-13-5-3-12(16)4-6-13/h3-6,11,14,17H,7-10H2,1-2H3,(H,18,20). The first-order chi connectivity index (χ1) is 9.54. The van der Waals surface area contributed by atoms with Gasteiger partial charge >= 0.3 is 0 Å². The monoisotopic (exact) mass is 295 g/mol. The van der Waals surface area contributed by atoms with E-state index in [9.17, 15) is 4.79 Å². The first-order valence-corrected chi connectivity index (χ1v) is 7.41. The van der Waals surface area contributed by atoms with Crippen LogP contribution < -0.4 is 10.6 Å². The van der Waals surface area contributed by atoms with Crippen LogP contribution in [-0.2, 0) is 4.79 Å². The molecule has 2 unspecified atom stereocenters. The second-order valence-electron chi connectivity index (χ2n) is 5.49. The fourth-order valence-electron chi connectivity index (χ4n) is 2.45. The number of piperidine rings is 1. The lowest BCUT2D eigenvalue weighted by Crippen LogP contribution is -2.47. The number of benzene rings is 1. The van der Waals surface area contributed by atoms with Crippen molar-refractivity contribution < 1.29 is 4.79 Å². The maximum absolute atomic E-state index is 11.9. The number of rotatable bonds is 4. The highest BCUT2D eigenvalue weighted by Crippen LogP contribution is 2.15. The van der Waals surface area contributed by atoms with E-state index >= 15 is 0 Å². The molecule has 1 saturated heterocycles. The Morgan fingerprint density at radius 1 is 1.40 bits per heavy atom. The molecule has 1 fully saturated rings. The van der Waals surface area contributed by atoms with Gasteiger partial charge in [-0.25, -0.2) is 0 Å². The van der Waals surface area contributed by atoms with Crippen molar-refractivity contribution in [2.24, 2.45) is 0 Å². The minimum Gasteiger partial charge on any atom is -0.325 e. The van der Waals surface area contributed by atoms with E-state index in [1.807, 2.05) is 0 Å². The minimum absolute atomic E-state index is 0.0149. The predicted molar refractivity (Wildman–Crippen MR) is 83.2 cm³/mol. The van der Waals surface area contributed by atoms with Crippen LogP contribution in [0.25, 0.3) is 0 Å². The SMILES string of the molecule is CC1CC(NCC(=O)Nc2ccc(Cl)cc2)CCN1C. The zero-order valence-corrected chi connectivity index (χ0v) is 12.8. The number of nitrogens with one attached hydrogen (secondary N) is 2. The minimum atomic E-state index is -0.0149. The van der Waals surface area contributed by atoms with E-state index < -0.39 is 0 Å². The largest absolute Gasteiger partial charge is 0.325 e. The van der Waals surface area contributed by atoms with E-state index in [1.54, 1.807) is 24.3 Å². The van der Waals surface area contributed by atoms with Gasteiger partial charge in [0.05, 0.1) is 6.54 Å². The molecule has 2 atom stereocenters. The van der Waals surface area contributed by atoms with Crippen molar-refractivity contribution in [1.82, 2.24) is 10.2 Å². The molecule has 1 aliphatic rings. The number of hydrogen-bond donors (Lipinski definition) is 2. The van der Waals surface area contributed by atoms with Crippen molar-refractivity contribution in [3.8, 4) is 0 Å². The molecule has 0 aliphatic carbocycles. The van der Waals surface area contributed by atoms with Gasteiger partial charge in [-0.1, -0.05) is 11.6 Å². The third-order valence-electron chi connectivity index (χ3n) is 3.89. The Hall–Kier alpha value is -1.10. The number of carbonyl (C=O) groups excluding carboxylic acids is 1. The summed E-state index contributed by atoms with van der Waals surface area (Å²) in [5, 5.41) is 6.87. The third-order valence-corrected chi connectivity index (χ3v) is 4.14. The number of amides is 1. The van der Waals surface area contributed by atoms with Crippen molar-refractivity contribution in [3.05, 3.63) is 29.3 Å². The molecule has 0 spiro atoms. The van der Waals surface area contributed by atoms with Crippen molar-refractivity contribution in [2.45, 2.75) is 31.8 Å². The van der Waals surface area contributed by atoms with Gasteiger partial charge in [0.1, 0.15) is 0 Å². The summed E-state index contributed by atoms with van der Waals surface area (Å²) in [5.74, 6) is -0.0149. The van der Waals surface area contributed by atoms with Crippen molar-refractivity contribution in [2.75, 3.05) is 25.5 Å². The van der Waals surface area contributed by atoms with Crippen LogP contribution in [0.2, 0.25) is 5.02 Å². The second kappa shape index (κ2) is 7.07. The Kier molecular flexibility index (Phi) is 5.40. The molecule has 20 heavy (non-hydrogen) atoms. The summed E-state index contributed by atoms with van der Waals surface area (Å²) in [7, 11) is 2.15. The lowest BCUT2D eigenvalue weighted by Gasteiger charge is -2.35. The van der Waals surface area contributed by atoms with Crippen LogP contribution in [-0.4, -0.2) is 43.0 Å². The molecular weight excluding hydrogens is 274 g/mol. The van der Waals surface area contributed by atoms with Crippen LogP contribution in [0.15, 0.2) is 24.3 Å². The Morgan fingerprint density at radius 3 is 2.75 bits per heavy atom. The van der Waals surface area contributed by atoms with Gasteiger partial charge in [-0.05, 0) is 57.6 Å². The van der Waals surface area contributed by atoms with Gasteiger partial charge in [0, 0.05) is 22.8 Å². The number of carbonyl (C=O) groups is 1. The van der Waals surface area contributed by atoms with Crippen LogP contribution in [0.5, 0.6) is 0 Å². The molecule has 1 aliphatic heterocycles. The van der Waals surface area contributed by atoms with Crippen molar-refractivity contribution in [3.63, 3.8) is 0 Å². The molecule has 5 heteroatoms. The molecule has 0 saturated carbocycles. The second-order valence-corrected chi connectivity index (χ2v) is 5.92. The van der Waals surface area contributed by atoms with E-state index in [2.05, 4.69) is 29.5 Å². The maximum Gasteiger partial charge on any atom is 0.238 e. The quantitative estimate of drug-likeness (QED) is 0.896. The van der Waals surface area contributed by atoms with Crippen LogP contribution >= 0.6 is 11.6 Å². The van der Waals surface area contributed by atoms with E-state index in [0.717, 1.165) is 25.1 Å². The molecule has 1 aromatic carbocycles. The molecule has 0 bridgehead atoms. The number of hydrogen-bond acceptors (Lipinski definition) is 3. The van der Waals surface area contributed by atoms with Gasteiger partial charge in [0.25, 0.3) is 0 Å². The number of anilines is 1. The molecule has 110 valence electrons. The summed E-state index contributed by atoms with van der Waals surface area (Å²) in [5.41, 5.74) is 0.776. The summed E-state index contributed by atoms with van der Waals surface area (Å²) >= 11 is 5.81. The van der Waals surface area contributed by atoms with Gasteiger partial charge in [-0.2, -0.15) is 0 Å². The average Bonchev–Trinajstić information content (AvgIpc) is 2.43. The summed E-state index contributed by atoms with van der Waals surface area (Å²) < 4.78 is 0. The Bertz CT molecular complexity index is 449. The highest BCUT2D eigenvalue weighted by molar-refractivity contribution is 6.30. The van der Waals surface area contributed by atoms with Gasteiger partial charge in [0.2, 0.25) is 5.91 Å². The zero-order valence-electron chi connectivity index (χ0n) is 12.0. The van der Waals surface area contributed by atoms with Crippen molar-refractivity contribution >= 4 is 23.2 Å².